The van der Waals surface area contributed by atoms with Gasteiger partial charge in [0, 0.05) is 4.43 Å². The van der Waals surface area contributed by atoms with Crippen molar-refractivity contribution in [3.63, 3.8) is 0 Å². The third kappa shape index (κ3) is 2.46. The highest BCUT2D eigenvalue weighted by Gasteiger charge is 2.62. The van der Waals surface area contributed by atoms with Crippen molar-refractivity contribution in [2.24, 2.45) is 16.7 Å². The molecule has 2 fully saturated rings. The molecule has 1 aromatic rings. The molecule has 0 spiro atoms. The molecule has 2 aliphatic carbocycles. The minimum absolute atomic E-state index is 0.238. The van der Waals surface area contributed by atoms with Crippen molar-refractivity contribution in [1.82, 2.24) is 0 Å². The van der Waals surface area contributed by atoms with E-state index in [1.165, 1.54) is 30.4 Å². The fraction of sp³-hybridized carbons (Fsp3) is 0.684. The third-order valence-electron chi connectivity index (χ3n) is 6.60. The van der Waals surface area contributed by atoms with Crippen LogP contribution in [0.4, 0.5) is 0 Å². The quantitative estimate of drug-likeness (QED) is 0.467. The van der Waals surface area contributed by atoms with Gasteiger partial charge in [-0.2, -0.15) is 0 Å². The Bertz CT molecular complexity index is 524. The maximum atomic E-state index is 6.67. The number of hydrogen-bond acceptors (Lipinski definition) is 1. The molecule has 1 aromatic carbocycles. The molecule has 0 aliphatic heterocycles. The van der Waals surface area contributed by atoms with Crippen molar-refractivity contribution in [3.05, 3.63) is 35.4 Å². The van der Waals surface area contributed by atoms with E-state index in [1.54, 1.807) is 0 Å². The van der Waals surface area contributed by atoms with Crippen LogP contribution < -0.4 is 0 Å². The average molecular weight is 398 g/mol. The van der Waals surface area contributed by atoms with Crippen LogP contribution in [0.5, 0.6) is 0 Å². The van der Waals surface area contributed by atoms with Gasteiger partial charge in [0.1, 0.15) is 0 Å². The monoisotopic (exact) mass is 398 g/mol. The van der Waals surface area contributed by atoms with Crippen LogP contribution >= 0.6 is 22.6 Å². The summed E-state index contributed by atoms with van der Waals surface area (Å²) in [5.41, 5.74) is 3.45. The first-order valence-corrected chi connectivity index (χ1v) is 9.69. The minimum Gasteiger partial charge on any atom is -0.369 e. The predicted octanol–water partition coefficient (Wildman–Crippen LogP) is 5.70. The second-order valence-corrected chi connectivity index (χ2v) is 8.67. The molecule has 0 heterocycles. The summed E-state index contributed by atoms with van der Waals surface area (Å²) in [7, 11) is 0. The predicted molar refractivity (Wildman–Crippen MR) is 96.9 cm³/mol. The Kier molecular flexibility index (Phi) is 4.15. The van der Waals surface area contributed by atoms with E-state index in [2.05, 4.69) is 74.6 Å². The zero-order valence-corrected chi connectivity index (χ0v) is 15.8. The normalized spacial score (nSPS) is 35.1. The van der Waals surface area contributed by atoms with Gasteiger partial charge in [-0.25, -0.2) is 0 Å². The van der Waals surface area contributed by atoms with E-state index in [9.17, 15) is 0 Å². The number of rotatable bonds is 4. The number of fused-ring (bicyclic) bond motifs is 2. The Morgan fingerprint density at radius 1 is 1.33 bits per heavy atom. The van der Waals surface area contributed by atoms with Crippen molar-refractivity contribution >= 4 is 22.6 Å². The van der Waals surface area contributed by atoms with E-state index in [-0.39, 0.29) is 6.10 Å². The maximum Gasteiger partial charge on any atom is 0.0918 e. The van der Waals surface area contributed by atoms with Gasteiger partial charge in [-0.15, -0.1) is 0 Å². The summed E-state index contributed by atoms with van der Waals surface area (Å²) >= 11 is 2.47. The van der Waals surface area contributed by atoms with Gasteiger partial charge >= 0.3 is 0 Å². The lowest BCUT2D eigenvalue weighted by Gasteiger charge is -2.40. The molecule has 2 saturated carbocycles. The van der Waals surface area contributed by atoms with Gasteiger partial charge in [-0.3, -0.25) is 0 Å². The van der Waals surface area contributed by atoms with Crippen molar-refractivity contribution in [3.8, 4) is 0 Å². The molecule has 2 aliphatic rings. The molecule has 3 rings (SSSR count). The van der Waals surface area contributed by atoms with Crippen LogP contribution in [0.15, 0.2) is 24.3 Å². The first kappa shape index (κ1) is 15.8. The lowest BCUT2D eigenvalue weighted by atomic mass is 9.70. The molecule has 0 amide bonds. The lowest BCUT2D eigenvalue weighted by Crippen LogP contribution is -2.38. The number of ether oxygens (including phenoxy) is 1. The van der Waals surface area contributed by atoms with Crippen molar-refractivity contribution in [2.75, 3.05) is 4.43 Å². The molecule has 2 heteroatoms. The van der Waals surface area contributed by atoms with Gasteiger partial charge in [0.2, 0.25) is 0 Å². The topological polar surface area (TPSA) is 9.23 Å². The molecule has 0 radical (unpaired) electrons. The van der Waals surface area contributed by atoms with E-state index < -0.39 is 0 Å². The smallest absolute Gasteiger partial charge is 0.0918 e. The summed E-state index contributed by atoms with van der Waals surface area (Å²) in [4.78, 5) is 0. The van der Waals surface area contributed by atoms with Crippen LogP contribution in [0.1, 0.15) is 57.3 Å². The van der Waals surface area contributed by atoms with Gasteiger partial charge in [-0.1, -0.05) is 73.2 Å². The second-order valence-electron chi connectivity index (χ2n) is 7.79. The zero-order valence-electron chi connectivity index (χ0n) is 13.7. The fourth-order valence-electron chi connectivity index (χ4n) is 4.61. The van der Waals surface area contributed by atoms with E-state index >= 15 is 0 Å². The van der Waals surface area contributed by atoms with Crippen LogP contribution in [0.2, 0.25) is 0 Å². The van der Waals surface area contributed by atoms with Gasteiger partial charge in [0.15, 0.2) is 0 Å². The van der Waals surface area contributed by atoms with Crippen LogP contribution in [-0.4, -0.2) is 10.5 Å². The molecule has 1 nitrogen and oxygen atoms in total. The standard InChI is InChI=1S/C19H27IO/c1-13-6-5-7-14(10-13)16(12-20)21-17-11-15-8-9-19(17,4)18(15,2)3/h5-7,10,15-17H,8-9,11-12H2,1-4H3. The fourth-order valence-corrected chi connectivity index (χ4v) is 5.32. The van der Waals surface area contributed by atoms with Crippen LogP contribution in [0.25, 0.3) is 0 Å². The van der Waals surface area contributed by atoms with E-state index in [4.69, 9.17) is 4.74 Å². The molecule has 2 bridgehead atoms. The third-order valence-corrected chi connectivity index (χ3v) is 7.40. The second kappa shape index (κ2) is 5.52. The summed E-state index contributed by atoms with van der Waals surface area (Å²) in [6.45, 7) is 9.54. The Morgan fingerprint density at radius 3 is 2.62 bits per heavy atom. The highest BCUT2D eigenvalue weighted by Crippen LogP contribution is 2.66. The van der Waals surface area contributed by atoms with E-state index in [1.807, 2.05) is 0 Å². The molecular weight excluding hydrogens is 371 g/mol. The summed E-state index contributed by atoms with van der Waals surface area (Å²) in [5.74, 6) is 0.847. The Hall–Kier alpha value is -0.0900. The summed E-state index contributed by atoms with van der Waals surface area (Å²) < 4.78 is 7.69. The number of hydrogen-bond donors (Lipinski definition) is 0. The number of aryl methyl sites for hydroxylation is 1. The maximum absolute atomic E-state index is 6.67. The number of alkyl halides is 1. The first-order valence-electron chi connectivity index (χ1n) is 8.16. The van der Waals surface area contributed by atoms with Gasteiger partial charge < -0.3 is 4.74 Å². The average Bonchev–Trinajstić information content (AvgIpc) is 2.77. The number of benzene rings is 1. The van der Waals surface area contributed by atoms with Crippen molar-refractivity contribution in [1.29, 1.82) is 0 Å². The molecular formula is C19H27IO. The molecule has 4 atom stereocenters. The minimum atomic E-state index is 0.238. The van der Waals surface area contributed by atoms with Crippen molar-refractivity contribution < 1.29 is 4.74 Å². The molecule has 4 unspecified atom stereocenters. The number of halogens is 1. The first-order chi connectivity index (χ1) is 9.88. The highest BCUT2D eigenvalue weighted by molar-refractivity contribution is 14.1. The highest BCUT2D eigenvalue weighted by atomic mass is 127. The Balaban J connectivity index is 1.80. The molecule has 0 aromatic heterocycles. The summed E-state index contributed by atoms with van der Waals surface area (Å²) in [6, 6.07) is 8.82. The molecule has 116 valence electrons. The summed E-state index contributed by atoms with van der Waals surface area (Å²) in [5, 5.41) is 0. The van der Waals surface area contributed by atoms with E-state index in [0.717, 1.165) is 10.3 Å². The Morgan fingerprint density at radius 2 is 2.10 bits per heavy atom. The lowest BCUT2D eigenvalue weighted by molar-refractivity contribution is -0.0792. The molecule has 0 N–H and O–H groups in total. The van der Waals surface area contributed by atoms with Gasteiger partial charge in [0.25, 0.3) is 0 Å². The largest absolute Gasteiger partial charge is 0.369 e. The van der Waals surface area contributed by atoms with Gasteiger partial charge in [0.05, 0.1) is 12.2 Å². The van der Waals surface area contributed by atoms with E-state index in [0.29, 0.717) is 16.9 Å². The van der Waals surface area contributed by atoms with Crippen LogP contribution in [0, 0.1) is 23.7 Å². The van der Waals surface area contributed by atoms with Crippen LogP contribution in [-0.2, 0) is 4.74 Å². The Labute approximate surface area is 143 Å². The summed E-state index contributed by atoms with van der Waals surface area (Å²) in [6.07, 6.45) is 4.64. The van der Waals surface area contributed by atoms with Crippen LogP contribution in [0.3, 0.4) is 0 Å². The SMILES string of the molecule is Cc1cccc(C(CI)OC2CC3CCC2(C)C3(C)C)c1. The van der Waals surface area contributed by atoms with Gasteiger partial charge in [-0.05, 0) is 48.5 Å². The van der Waals surface area contributed by atoms with Crippen molar-refractivity contribution in [2.45, 2.75) is 59.2 Å². The molecule has 21 heavy (non-hydrogen) atoms. The molecule has 0 saturated heterocycles. The zero-order chi connectivity index (χ0) is 15.3.